The van der Waals surface area contributed by atoms with E-state index < -0.39 is 5.92 Å². The Bertz CT molecular complexity index is 1460. The fourth-order valence-electron chi connectivity index (χ4n) is 4.38. The summed E-state index contributed by atoms with van der Waals surface area (Å²) in [6.45, 7) is 0. The SMILES string of the molecule is N#CC1=C2Sc3ccccc3N2C(=N)/C(=C2/Nc3ccccc3S2)C1c1ccc(C#N)cc1. The summed E-state index contributed by atoms with van der Waals surface area (Å²) in [4.78, 5) is 4.02. The van der Waals surface area contributed by atoms with Crippen molar-refractivity contribution in [2.24, 2.45) is 0 Å². The summed E-state index contributed by atoms with van der Waals surface area (Å²) in [5.41, 5.74) is 4.75. The van der Waals surface area contributed by atoms with Gasteiger partial charge < -0.3 is 5.32 Å². The number of para-hydroxylation sites is 2. The summed E-state index contributed by atoms with van der Waals surface area (Å²) in [5.74, 6) is -0.0498. The Balaban J connectivity index is 1.60. The van der Waals surface area contributed by atoms with Crippen molar-refractivity contribution in [2.45, 2.75) is 15.7 Å². The number of rotatable bonds is 1. The summed E-state index contributed by atoms with van der Waals surface area (Å²) in [6.07, 6.45) is 0. The van der Waals surface area contributed by atoms with Crippen molar-refractivity contribution >= 4 is 40.7 Å². The molecule has 0 amide bonds. The van der Waals surface area contributed by atoms with Crippen LogP contribution in [0.5, 0.6) is 0 Å². The van der Waals surface area contributed by atoms with E-state index in [4.69, 9.17) is 0 Å². The van der Waals surface area contributed by atoms with Gasteiger partial charge in [-0.1, -0.05) is 59.9 Å². The highest BCUT2D eigenvalue weighted by Crippen LogP contribution is 2.56. The maximum Gasteiger partial charge on any atom is 0.137 e. The topological polar surface area (TPSA) is 86.7 Å². The number of nitrogens with one attached hydrogen (secondary N) is 2. The van der Waals surface area contributed by atoms with Gasteiger partial charge in [0.25, 0.3) is 0 Å². The van der Waals surface area contributed by atoms with Crippen LogP contribution in [0.25, 0.3) is 0 Å². The van der Waals surface area contributed by atoms with Gasteiger partial charge in [-0.2, -0.15) is 10.5 Å². The minimum absolute atomic E-state index is 0.360. The third-order valence-corrected chi connectivity index (χ3v) is 8.15. The first-order valence-electron chi connectivity index (χ1n) is 10.3. The Morgan fingerprint density at radius 3 is 2.30 bits per heavy atom. The molecule has 3 aliphatic rings. The average molecular weight is 462 g/mol. The minimum atomic E-state index is -0.410. The highest BCUT2D eigenvalue weighted by atomic mass is 32.2. The second-order valence-electron chi connectivity index (χ2n) is 7.72. The van der Waals surface area contributed by atoms with E-state index >= 15 is 0 Å². The Hall–Kier alpha value is -3.91. The molecule has 3 heterocycles. The molecule has 0 aromatic heterocycles. The molecule has 1 atom stereocenters. The molecular formula is C26H15N5S2. The second kappa shape index (κ2) is 7.60. The zero-order valence-corrected chi connectivity index (χ0v) is 18.8. The predicted octanol–water partition coefficient (Wildman–Crippen LogP) is 6.41. The Morgan fingerprint density at radius 2 is 1.58 bits per heavy atom. The smallest absolute Gasteiger partial charge is 0.137 e. The van der Waals surface area contributed by atoms with Crippen LogP contribution >= 0.6 is 23.5 Å². The monoisotopic (exact) mass is 461 g/mol. The van der Waals surface area contributed by atoms with Gasteiger partial charge in [0.2, 0.25) is 0 Å². The molecule has 0 saturated carbocycles. The number of fused-ring (bicyclic) bond motifs is 4. The molecule has 5 nitrogen and oxygen atoms in total. The first-order chi connectivity index (χ1) is 16.2. The van der Waals surface area contributed by atoms with Gasteiger partial charge in [0.15, 0.2) is 0 Å². The highest BCUT2D eigenvalue weighted by Gasteiger charge is 2.44. The van der Waals surface area contributed by atoms with E-state index in [1.165, 1.54) is 11.8 Å². The first kappa shape index (κ1) is 19.8. The largest absolute Gasteiger partial charge is 0.349 e. The predicted molar refractivity (Wildman–Crippen MR) is 132 cm³/mol. The molecular weight excluding hydrogens is 446 g/mol. The van der Waals surface area contributed by atoms with Crippen molar-refractivity contribution in [3.63, 3.8) is 0 Å². The number of hydrogen-bond acceptors (Lipinski definition) is 6. The molecule has 156 valence electrons. The summed E-state index contributed by atoms with van der Waals surface area (Å²) >= 11 is 3.12. The lowest BCUT2D eigenvalue weighted by molar-refractivity contribution is 0.939. The zero-order valence-electron chi connectivity index (χ0n) is 17.2. The number of amidine groups is 1. The van der Waals surface area contributed by atoms with E-state index in [0.717, 1.165) is 42.4 Å². The Labute approximate surface area is 199 Å². The molecule has 0 aliphatic carbocycles. The van der Waals surface area contributed by atoms with E-state index in [9.17, 15) is 15.9 Å². The number of allylic oxidation sites excluding steroid dienone is 1. The molecule has 1 unspecified atom stereocenters. The summed E-state index contributed by atoms with van der Waals surface area (Å²) < 4.78 is 0. The number of nitriles is 2. The number of benzene rings is 3. The molecule has 6 rings (SSSR count). The van der Waals surface area contributed by atoms with Crippen LogP contribution in [0.15, 0.2) is 104 Å². The number of hydrogen-bond donors (Lipinski definition) is 2. The second-order valence-corrected chi connectivity index (χ2v) is 9.80. The van der Waals surface area contributed by atoms with Crippen LogP contribution in [0.4, 0.5) is 11.4 Å². The van der Waals surface area contributed by atoms with Crippen molar-refractivity contribution < 1.29 is 0 Å². The molecule has 3 aromatic rings. The lowest BCUT2D eigenvalue weighted by Crippen LogP contribution is -2.37. The van der Waals surface area contributed by atoms with Gasteiger partial charge in [-0.3, -0.25) is 10.3 Å². The molecule has 0 saturated heterocycles. The van der Waals surface area contributed by atoms with Crippen LogP contribution in [0.1, 0.15) is 17.0 Å². The normalized spacial score (nSPS) is 20.5. The van der Waals surface area contributed by atoms with E-state index in [1.807, 2.05) is 59.5 Å². The molecule has 0 radical (unpaired) electrons. The molecule has 7 heteroatoms. The zero-order chi connectivity index (χ0) is 22.5. The number of nitrogens with zero attached hydrogens (tertiary/aromatic N) is 3. The quantitative estimate of drug-likeness (QED) is 0.435. The fourth-order valence-corrected chi connectivity index (χ4v) is 6.64. The number of anilines is 2. The lowest BCUT2D eigenvalue weighted by atomic mass is 9.82. The Morgan fingerprint density at radius 1 is 0.848 bits per heavy atom. The highest BCUT2D eigenvalue weighted by molar-refractivity contribution is 8.04. The summed E-state index contributed by atoms with van der Waals surface area (Å²) in [5, 5.41) is 34.0. The van der Waals surface area contributed by atoms with Crippen molar-refractivity contribution in [1.82, 2.24) is 0 Å². The average Bonchev–Trinajstić information content (AvgIpc) is 3.45. The molecule has 0 spiro atoms. The van der Waals surface area contributed by atoms with Crippen molar-refractivity contribution in [1.29, 1.82) is 15.9 Å². The van der Waals surface area contributed by atoms with E-state index in [2.05, 4.69) is 23.5 Å². The van der Waals surface area contributed by atoms with E-state index in [0.29, 0.717) is 17.0 Å². The van der Waals surface area contributed by atoms with Crippen LogP contribution < -0.4 is 10.2 Å². The molecule has 0 bridgehead atoms. The van der Waals surface area contributed by atoms with Gasteiger partial charge in [0.1, 0.15) is 10.9 Å². The van der Waals surface area contributed by atoms with Gasteiger partial charge in [-0.25, -0.2) is 0 Å². The summed E-state index contributed by atoms with van der Waals surface area (Å²) in [6, 6.07) is 28.0. The molecule has 2 N–H and O–H groups in total. The lowest BCUT2D eigenvalue weighted by Gasteiger charge is -2.35. The third-order valence-electron chi connectivity index (χ3n) is 5.89. The van der Waals surface area contributed by atoms with Gasteiger partial charge in [0.05, 0.1) is 45.6 Å². The van der Waals surface area contributed by atoms with Crippen LogP contribution in [-0.4, -0.2) is 5.84 Å². The van der Waals surface area contributed by atoms with Crippen molar-refractivity contribution in [3.8, 4) is 12.1 Å². The molecule has 3 aromatic carbocycles. The molecule has 3 aliphatic heterocycles. The first-order valence-corrected chi connectivity index (χ1v) is 11.9. The van der Waals surface area contributed by atoms with Gasteiger partial charge in [-0.05, 0) is 42.0 Å². The number of thioether (sulfide) groups is 2. The maximum absolute atomic E-state index is 10.3. The van der Waals surface area contributed by atoms with Crippen LogP contribution in [-0.2, 0) is 0 Å². The van der Waals surface area contributed by atoms with E-state index in [1.54, 1.807) is 23.9 Å². The van der Waals surface area contributed by atoms with Gasteiger partial charge in [-0.15, -0.1) is 0 Å². The van der Waals surface area contributed by atoms with Crippen molar-refractivity contribution in [3.05, 3.63) is 105 Å². The molecule has 33 heavy (non-hydrogen) atoms. The van der Waals surface area contributed by atoms with E-state index in [-0.39, 0.29) is 0 Å². The van der Waals surface area contributed by atoms with Crippen molar-refractivity contribution in [2.75, 3.05) is 10.2 Å². The maximum atomic E-state index is 10.3. The molecule has 0 fully saturated rings. The van der Waals surface area contributed by atoms with Crippen LogP contribution in [0.2, 0.25) is 0 Å². The van der Waals surface area contributed by atoms with Gasteiger partial charge >= 0.3 is 0 Å². The summed E-state index contributed by atoms with van der Waals surface area (Å²) in [7, 11) is 0. The standard InChI is InChI=1S/C26H15N5S2/c27-13-15-9-11-16(12-10-15)22-17(14-28)26-31(19-6-2-4-8-21(19)33-26)24(29)23(22)25-30-18-5-1-3-7-20(18)32-25/h1-12,22,29-30H/b25-23-,29-24?. The van der Waals surface area contributed by atoms with Gasteiger partial charge in [0, 0.05) is 15.4 Å². The fraction of sp³-hybridized carbons (Fsp3) is 0.0385. The van der Waals surface area contributed by atoms with Crippen LogP contribution in [0.3, 0.4) is 0 Å². The minimum Gasteiger partial charge on any atom is -0.349 e. The van der Waals surface area contributed by atoms with Crippen LogP contribution in [0, 0.1) is 28.1 Å². The third kappa shape index (κ3) is 2.98. The Kier molecular flexibility index (Phi) is 4.55.